The summed E-state index contributed by atoms with van der Waals surface area (Å²) < 4.78 is 14.3. The molecule has 0 unspecified atom stereocenters. The number of rotatable bonds is 1. The maximum absolute atomic E-state index is 14.3. The van der Waals surface area contributed by atoms with E-state index in [2.05, 4.69) is 30.3 Å². The summed E-state index contributed by atoms with van der Waals surface area (Å²) in [6.45, 7) is 0. The number of halogens is 1. The van der Waals surface area contributed by atoms with Crippen LogP contribution in [0.15, 0.2) is 78.9 Å². The number of benzene rings is 4. The van der Waals surface area contributed by atoms with Gasteiger partial charge < -0.3 is 0 Å². The number of hydrogen-bond donors (Lipinski definition) is 0. The Morgan fingerprint density at radius 1 is 0.571 bits per heavy atom. The van der Waals surface area contributed by atoms with Crippen LogP contribution in [0.4, 0.5) is 4.39 Å². The van der Waals surface area contributed by atoms with Crippen LogP contribution in [0.3, 0.4) is 0 Å². The van der Waals surface area contributed by atoms with Gasteiger partial charge in [0, 0.05) is 11.1 Å². The molecule has 0 aliphatic rings. The first-order valence-electron chi connectivity index (χ1n) is 7.00. The predicted octanol–water partition coefficient (Wildman–Crippen LogP) is 5.80. The van der Waals surface area contributed by atoms with E-state index in [1.807, 2.05) is 36.4 Å². The van der Waals surface area contributed by atoms with E-state index in [0.29, 0.717) is 5.56 Å². The average Bonchev–Trinajstić information content (AvgIpc) is 2.53. The van der Waals surface area contributed by atoms with Gasteiger partial charge in [-0.1, -0.05) is 66.7 Å². The van der Waals surface area contributed by atoms with Crippen LogP contribution in [-0.4, -0.2) is 0 Å². The first-order valence-corrected chi connectivity index (χ1v) is 7.00. The quantitative estimate of drug-likeness (QED) is 0.384. The molecule has 0 saturated heterocycles. The molecule has 0 radical (unpaired) electrons. The molecule has 0 aromatic heterocycles. The van der Waals surface area contributed by atoms with Gasteiger partial charge >= 0.3 is 0 Å². The molecule has 0 atom stereocenters. The summed E-state index contributed by atoms with van der Waals surface area (Å²) in [4.78, 5) is 0. The summed E-state index contributed by atoms with van der Waals surface area (Å²) in [5.41, 5.74) is 1.63. The zero-order chi connectivity index (χ0) is 14.2. The fraction of sp³-hybridized carbons (Fsp3) is 0. The third-order valence-electron chi connectivity index (χ3n) is 3.91. The topological polar surface area (TPSA) is 0 Å². The van der Waals surface area contributed by atoms with Crippen molar-refractivity contribution in [3.8, 4) is 11.1 Å². The summed E-state index contributed by atoms with van der Waals surface area (Å²) in [6, 6.07) is 25.4. The van der Waals surface area contributed by atoms with Crippen LogP contribution in [0.1, 0.15) is 0 Å². The lowest BCUT2D eigenvalue weighted by molar-refractivity contribution is 0.631. The second kappa shape index (κ2) is 4.71. The molecule has 0 amide bonds. The van der Waals surface area contributed by atoms with Crippen molar-refractivity contribution < 1.29 is 4.39 Å². The summed E-state index contributed by atoms with van der Waals surface area (Å²) >= 11 is 0. The minimum Gasteiger partial charge on any atom is -0.206 e. The molecule has 1 heteroatoms. The van der Waals surface area contributed by atoms with Crippen molar-refractivity contribution in [3.05, 3.63) is 84.7 Å². The minimum absolute atomic E-state index is 0.181. The molecule has 0 fully saturated rings. The van der Waals surface area contributed by atoms with Gasteiger partial charge in [-0.2, -0.15) is 0 Å². The van der Waals surface area contributed by atoms with Gasteiger partial charge in [-0.05, 0) is 33.7 Å². The van der Waals surface area contributed by atoms with Crippen LogP contribution >= 0.6 is 0 Å². The van der Waals surface area contributed by atoms with E-state index in [1.54, 1.807) is 6.07 Å². The number of hydrogen-bond acceptors (Lipinski definition) is 0. The van der Waals surface area contributed by atoms with Crippen molar-refractivity contribution in [2.75, 3.05) is 0 Å². The van der Waals surface area contributed by atoms with E-state index in [4.69, 9.17) is 0 Å². The van der Waals surface area contributed by atoms with Crippen LogP contribution in [0.2, 0.25) is 0 Å². The monoisotopic (exact) mass is 272 g/mol. The van der Waals surface area contributed by atoms with Crippen LogP contribution in [0.5, 0.6) is 0 Å². The van der Waals surface area contributed by atoms with Crippen molar-refractivity contribution >= 4 is 21.5 Å². The van der Waals surface area contributed by atoms with Crippen molar-refractivity contribution in [2.45, 2.75) is 0 Å². The second-order valence-electron chi connectivity index (χ2n) is 5.17. The Balaban J connectivity index is 2.25. The van der Waals surface area contributed by atoms with Crippen LogP contribution in [0, 0.1) is 5.82 Å². The maximum atomic E-state index is 14.3. The van der Waals surface area contributed by atoms with Gasteiger partial charge in [0.25, 0.3) is 0 Å². The van der Waals surface area contributed by atoms with Gasteiger partial charge in [-0.15, -0.1) is 0 Å². The smallest absolute Gasteiger partial charge is 0.131 e. The molecule has 100 valence electrons. The fourth-order valence-corrected chi connectivity index (χ4v) is 2.97. The highest BCUT2D eigenvalue weighted by Crippen LogP contribution is 2.37. The number of fused-ring (bicyclic) bond motifs is 2. The summed E-state index contributed by atoms with van der Waals surface area (Å²) in [5.74, 6) is -0.181. The van der Waals surface area contributed by atoms with Crippen molar-refractivity contribution in [1.29, 1.82) is 0 Å². The highest BCUT2D eigenvalue weighted by atomic mass is 19.1. The molecule has 0 saturated carbocycles. The Kier molecular flexibility index (Phi) is 2.71. The molecule has 0 aliphatic heterocycles. The lowest BCUT2D eigenvalue weighted by atomic mass is 9.92. The van der Waals surface area contributed by atoms with Crippen molar-refractivity contribution in [1.82, 2.24) is 0 Å². The van der Waals surface area contributed by atoms with E-state index in [-0.39, 0.29) is 5.82 Å². The zero-order valence-electron chi connectivity index (χ0n) is 11.4. The van der Waals surface area contributed by atoms with Crippen LogP contribution < -0.4 is 0 Å². The van der Waals surface area contributed by atoms with Gasteiger partial charge in [0.15, 0.2) is 0 Å². The fourth-order valence-electron chi connectivity index (χ4n) is 2.97. The molecule has 0 N–H and O–H groups in total. The van der Waals surface area contributed by atoms with E-state index in [1.165, 1.54) is 6.07 Å². The van der Waals surface area contributed by atoms with Gasteiger partial charge in [-0.25, -0.2) is 4.39 Å². The maximum Gasteiger partial charge on any atom is 0.131 e. The first-order chi connectivity index (χ1) is 10.3. The third kappa shape index (κ3) is 1.90. The van der Waals surface area contributed by atoms with Gasteiger partial charge in [0.05, 0.1) is 0 Å². The molecule has 0 aliphatic carbocycles. The van der Waals surface area contributed by atoms with E-state index >= 15 is 0 Å². The summed E-state index contributed by atoms with van der Waals surface area (Å²) in [5, 5.41) is 4.44. The molecular formula is C20H13F. The highest BCUT2D eigenvalue weighted by molar-refractivity contribution is 6.12. The van der Waals surface area contributed by atoms with Crippen molar-refractivity contribution in [3.63, 3.8) is 0 Å². The lowest BCUT2D eigenvalue weighted by Gasteiger charge is -2.12. The largest absolute Gasteiger partial charge is 0.206 e. The molecule has 0 heterocycles. The third-order valence-corrected chi connectivity index (χ3v) is 3.91. The first kappa shape index (κ1) is 12.1. The minimum atomic E-state index is -0.181. The molecule has 4 aromatic carbocycles. The molecule has 0 bridgehead atoms. The predicted molar refractivity (Wildman–Crippen MR) is 86.8 cm³/mol. The van der Waals surface area contributed by atoms with Crippen LogP contribution in [-0.2, 0) is 0 Å². The highest BCUT2D eigenvalue weighted by Gasteiger charge is 2.12. The molecule has 0 spiro atoms. The van der Waals surface area contributed by atoms with Crippen molar-refractivity contribution in [2.24, 2.45) is 0 Å². The molecular weight excluding hydrogens is 259 g/mol. The molecule has 0 nitrogen and oxygen atoms in total. The Labute approximate surface area is 122 Å². The standard InChI is InChI=1S/C20H13F/c21-19-12-6-5-11-18(19)20-16-9-3-1-7-14(16)13-15-8-2-4-10-17(15)20/h1-13H. The van der Waals surface area contributed by atoms with Gasteiger partial charge in [0.1, 0.15) is 5.82 Å². The summed E-state index contributed by atoms with van der Waals surface area (Å²) in [6.07, 6.45) is 0. The van der Waals surface area contributed by atoms with E-state index < -0.39 is 0 Å². The average molecular weight is 272 g/mol. The Bertz CT molecular complexity index is 900. The second-order valence-corrected chi connectivity index (χ2v) is 5.17. The SMILES string of the molecule is Fc1ccccc1-c1c2ccccc2cc2ccccc12. The van der Waals surface area contributed by atoms with Crippen LogP contribution in [0.25, 0.3) is 32.7 Å². The molecule has 21 heavy (non-hydrogen) atoms. The Morgan fingerprint density at radius 2 is 1.10 bits per heavy atom. The normalized spacial score (nSPS) is 11.1. The van der Waals surface area contributed by atoms with E-state index in [9.17, 15) is 4.39 Å². The molecule has 4 rings (SSSR count). The Morgan fingerprint density at radius 3 is 1.71 bits per heavy atom. The van der Waals surface area contributed by atoms with E-state index in [0.717, 1.165) is 27.1 Å². The lowest BCUT2D eigenvalue weighted by Crippen LogP contribution is -1.88. The molecule has 4 aromatic rings. The van der Waals surface area contributed by atoms with Gasteiger partial charge in [0.2, 0.25) is 0 Å². The zero-order valence-corrected chi connectivity index (χ0v) is 11.4. The summed E-state index contributed by atoms with van der Waals surface area (Å²) in [7, 11) is 0. The Hall–Kier alpha value is -2.67. The van der Waals surface area contributed by atoms with Gasteiger partial charge in [-0.3, -0.25) is 0 Å².